The van der Waals surface area contributed by atoms with Crippen LogP contribution in [0.2, 0.25) is 0 Å². The molecule has 2 heterocycles. The third kappa shape index (κ3) is 3.94. The molecule has 2 atom stereocenters. The van der Waals surface area contributed by atoms with Crippen LogP contribution in [0.5, 0.6) is 0 Å². The number of imide groups is 1. The number of benzene rings is 1. The number of esters is 1. The quantitative estimate of drug-likeness (QED) is 0.598. The van der Waals surface area contributed by atoms with Gasteiger partial charge in [-0.1, -0.05) is 18.2 Å². The molecule has 144 valence electrons. The Bertz CT molecular complexity index is 762. The lowest BCUT2D eigenvalue weighted by Gasteiger charge is -2.26. The third-order valence-electron chi connectivity index (χ3n) is 4.80. The standard InChI is InChI=1S/C19H23N3O5/c1-12-10-14-6-3-4-7-15(14)22(12)18(25)13(2)27-17(24)8-5-9-21-16(23)11-20-19(21)26/h3-4,6-7,12-13H,5,8-11H2,1-2H3,(H,20,26)/t12-,13+/m1/s1. The van der Waals surface area contributed by atoms with Crippen LogP contribution in [0, 0.1) is 0 Å². The lowest BCUT2D eigenvalue weighted by molar-refractivity contribution is -0.154. The van der Waals surface area contributed by atoms with E-state index in [0.717, 1.165) is 22.6 Å². The molecule has 0 unspecified atom stereocenters. The smallest absolute Gasteiger partial charge is 0.324 e. The van der Waals surface area contributed by atoms with E-state index in [1.165, 1.54) is 0 Å². The molecule has 27 heavy (non-hydrogen) atoms. The molecule has 1 N–H and O–H groups in total. The largest absolute Gasteiger partial charge is 0.453 e. The van der Waals surface area contributed by atoms with Crippen molar-refractivity contribution in [3.63, 3.8) is 0 Å². The second-order valence-electron chi connectivity index (χ2n) is 6.83. The van der Waals surface area contributed by atoms with E-state index in [-0.39, 0.29) is 37.4 Å². The molecule has 1 aromatic rings. The minimum absolute atomic E-state index is 0.00961. The Kier molecular flexibility index (Phi) is 5.43. The minimum Gasteiger partial charge on any atom is -0.453 e. The molecule has 0 aromatic heterocycles. The van der Waals surface area contributed by atoms with Crippen LogP contribution >= 0.6 is 0 Å². The van der Waals surface area contributed by atoms with E-state index in [9.17, 15) is 19.2 Å². The van der Waals surface area contributed by atoms with Gasteiger partial charge in [0.2, 0.25) is 5.91 Å². The summed E-state index contributed by atoms with van der Waals surface area (Å²) < 4.78 is 5.27. The van der Waals surface area contributed by atoms with Crippen LogP contribution in [-0.2, 0) is 25.5 Å². The van der Waals surface area contributed by atoms with Crippen LogP contribution < -0.4 is 10.2 Å². The molecule has 0 spiro atoms. The summed E-state index contributed by atoms with van der Waals surface area (Å²) in [6, 6.07) is 7.27. The number of hydrogen-bond donors (Lipinski definition) is 1. The van der Waals surface area contributed by atoms with E-state index >= 15 is 0 Å². The van der Waals surface area contributed by atoms with Crippen molar-refractivity contribution in [2.24, 2.45) is 0 Å². The molecule has 1 fully saturated rings. The predicted molar refractivity (Wildman–Crippen MR) is 97.0 cm³/mol. The summed E-state index contributed by atoms with van der Waals surface area (Å²) in [7, 11) is 0. The predicted octanol–water partition coefficient (Wildman–Crippen LogP) is 1.23. The molecule has 0 aliphatic carbocycles. The van der Waals surface area contributed by atoms with Crippen molar-refractivity contribution in [1.82, 2.24) is 10.2 Å². The number of nitrogens with zero attached hydrogens (tertiary/aromatic N) is 2. The van der Waals surface area contributed by atoms with Crippen molar-refractivity contribution in [3.05, 3.63) is 29.8 Å². The normalized spacial score (nSPS) is 19.7. The molecule has 1 aromatic carbocycles. The van der Waals surface area contributed by atoms with Crippen LogP contribution in [-0.4, -0.2) is 54.0 Å². The van der Waals surface area contributed by atoms with Gasteiger partial charge < -0.3 is 15.0 Å². The summed E-state index contributed by atoms with van der Waals surface area (Å²) in [5.41, 5.74) is 1.96. The molecule has 3 rings (SSSR count). The van der Waals surface area contributed by atoms with Crippen molar-refractivity contribution in [3.8, 4) is 0 Å². The maximum Gasteiger partial charge on any atom is 0.324 e. The molecule has 4 amide bonds. The molecule has 1 saturated heterocycles. The fourth-order valence-electron chi connectivity index (χ4n) is 3.47. The van der Waals surface area contributed by atoms with Gasteiger partial charge in [0.1, 0.15) is 0 Å². The van der Waals surface area contributed by atoms with E-state index in [1.807, 2.05) is 31.2 Å². The molecule has 8 nitrogen and oxygen atoms in total. The molecule has 2 aliphatic heterocycles. The zero-order valence-corrected chi connectivity index (χ0v) is 15.4. The summed E-state index contributed by atoms with van der Waals surface area (Å²) in [5, 5.41) is 2.42. The van der Waals surface area contributed by atoms with Gasteiger partial charge in [0.05, 0.1) is 6.54 Å². The number of anilines is 1. The summed E-state index contributed by atoms with van der Waals surface area (Å²) in [6.07, 6.45) is 0.194. The highest BCUT2D eigenvalue weighted by atomic mass is 16.5. The average molecular weight is 373 g/mol. The zero-order valence-electron chi connectivity index (χ0n) is 15.4. The van der Waals surface area contributed by atoms with Gasteiger partial charge in [0, 0.05) is 24.7 Å². The Hall–Kier alpha value is -2.90. The Labute approximate surface area is 157 Å². The second kappa shape index (κ2) is 7.77. The number of nitrogens with one attached hydrogen (secondary N) is 1. The van der Waals surface area contributed by atoms with Crippen LogP contribution in [0.1, 0.15) is 32.3 Å². The molecule has 0 saturated carbocycles. The van der Waals surface area contributed by atoms with E-state index in [2.05, 4.69) is 5.32 Å². The summed E-state index contributed by atoms with van der Waals surface area (Å²) >= 11 is 0. The first-order valence-electron chi connectivity index (χ1n) is 9.07. The Balaban J connectivity index is 1.50. The Morgan fingerprint density at radius 3 is 2.74 bits per heavy atom. The second-order valence-corrected chi connectivity index (χ2v) is 6.83. The first-order chi connectivity index (χ1) is 12.9. The van der Waals surface area contributed by atoms with Gasteiger partial charge >= 0.3 is 12.0 Å². The maximum absolute atomic E-state index is 12.8. The van der Waals surface area contributed by atoms with Gasteiger partial charge in [-0.15, -0.1) is 0 Å². The summed E-state index contributed by atoms with van der Waals surface area (Å²) in [6.45, 7) is 3.67. The van der Waals surface area contributed by atoms with Crippen LogP contribution in [0.3, 0.4) is 0 Å². The molecular formula is C19H23N3O5. The van der Waals surface area contributed by atoms with Gasteiger partial charge in [-0.3, -0.25) is 19.3 Å². The first kappa shape index (κ1) is 18.9. The maximum atomic E-state index is 12.8. The molecule has 0 radical (unpaired) electrons. The van der Waals surface area contributed by atoms with E-state index in [1.54, 1.807) is 11.8 Å². The number of hydrogen-bond acceptors (Lipinski definition) is 5. The summed E-state index contributed by atoms with van der Waals surface area (Å²) in [4.78, 5) is 50.5. The Morgan fingerprint density at radius 1 is 1.30 bits per heavy atom. The van der Waals surface area contributed by atoms with Crippen molar-refractivity contribution < 1.29 is 23.9 Å². The molecule has 0 bridgehead atoms. The fraction of sp³-hybridized carbons (Fsp3) is 0.474. The van der Waals surface area contributed by atoms with E-state index in [0.29, 0.717) is 6.42 Å². The molecular weight excluding hydrogens is 350 g/mol. The van der Waals surface area contributed by atoms with Gasteiger partial charge in [-0.2, -0.15) is 0 Å². The van der Waals surface area contributed by atoms with Crippen LogP contribution in [0.25, 0.3) is 0 Å². The highest BCUT2D eigenvalue weighted by molar-refractivity contribution is 6.02. The van der Waals surface area contributed by atoms with Gasteiger partial charge in [-0.05, 0) is 38.3 Å². The van der Waals surface area contributed by atoms with Crippen molar-refractivity contribution >= 4 is 29.5 Å². The van der Waals surface area contributed by atoms with E-state index in [4.69, 9.17) is 4.74 Å². The van der Waals surface area contributed by atoms with E-state index < -0.39 is 18.1 Å². The number of para-hydroxylation sites is 1. The molecule has 8 heteroatoms. The minimum atomic E-state index is -0.900. The monoisotopic (exact) mass is 373 g/mol. The lowest BCUT2D eigenvalue weighted by Crippen LogP contribution is -2.43. The number of rotatable bonds is 6. The lowest BCUT2D eigenvalue weighted by atomic mass is 10.1. The topological polar surface area (TPSA) is 96.0 Å². The number of ether oxygens (including phenoxy) is 1. The van der Waals surface area contributed by atoms with Crippen molar-refractivity contribution in [2.45, 2.75) is 45.3 Å². The number of carbonyl (C=O) groups is 4. The Morgan fingerprint density at radius 2 is 2.04 bits per heavy atom. The number of amides is 4. The fourth-order valence-corrected chi connectivity index (χ4v) is 3.47. The molecule has 2 aliphatic rings. The zero-order chi connectivity index (χ0) is 19.6. The third-order valence-corrected chi connectivity index (χ3v) is 4.80. The number of urea groups is 1. The van der Waals surface area contributed by atoms with Gasteiger partial charge in [0.15, 0.2) is 6.10 Å². The van der Waals surface area contributed by atoms with Crippen LogP contribution in [0.15, 0.2) is 24.3 Å². The number of carbonyl (C=O) groups excluding carboxylic acids is 4. The van der Waals surface area contributed by atoms with Crippen molar-refractivity contribution in [2.75, 3.05) is 18.0 Å². The first-order valence-corrected chi connectivity index (χ1v) is 9.07. The van der Waals surface area contributed by atoms with Gasteiger partial charge in [-0.25, -0.2) is 4.79 Å². The average Bonchev–Trinajstić information content (AvgIpc) is 3.13. The highest BCUT2D eigenvalue weighted by Crippen LogP contribution is 2.32. The van der Waals surface area contributed by atoms with Crippen LogP contribution in [0.4, 0.5) is 10.5 Å². The summed E-state index contributed by atoms with van der Waals surface area (Å²) in [5.74, 6) is -1.09. The SMILES string of the molecule is C[C@H](OC(=O)CCCN1C(=O)CNC1=O)C(=O)N1c2ccccc2C[C@H]1C. The van der Waals surface area contributed by atoms with Gasteiger partial charge in [0.25, 0.3) is 5.91 Å². The number of fused-ring (bicyclic) bond motifs is 1. The highest BCUT2D eigenvalue weighted by Gasteiger charge is 2.34. The van der Waals surface area contributed by atoms with Crippen molar-refractivity contribution in [1.29, 1.82) is 0 Å².